The zero-order valence-electron chi connectivity index (χ0n) is 16.8. The molecule has 4 heteroatoms. The molecule has 1 aliphatic rings. The van der Waals surface area contributed by atoms with Crippen LogP contribution in [0, 0.1) is 5.92 Å². The predicted octanol–water partition coefficient (Wildman–Crippen LogP) is 4.77. The van der Waals surface area contributed by atoms with Gasteiger partial charge in [-0.15, -0.1) is 0 Å². The number of carbonyl (C=O) groups excluding carboxylic acids is 1. The van der Waals surface area contributed by atoms with Crippen LogP contribution in [0.4, 0.5) is 0 Å². The van der Waals surface area contributed by atoms with Gasteiger partial charge in [0.25, 0.3) is 0 Å². The van der Waals surface area contributed by atoms with Crippen LogP contribution in [0.1, 0.15) is 34.1 Å². The smallest absolute Gasteiger partial charge is 0.310 e. The highest BCUT2D eigenvalue weighted by Gasteiger charge is 2.47. The number of benzene rings is 3. The summed E-state index contributed by atoms with van der Waals surface area (Å²) in [7, 11) is 4.71. The van der Waals surface area contributed by atoms with Crippen LogP contribution < -0.4 is 9.47 Å². The van der Waals surface area contributed by atoms with Gasteiger partial charge in [-0.25, -0.2) is 0 Å². The summed E-state index contributed by atoms with van der Waals surface area (Å²) in [5, 5.41) is 0. The van der Waals surface area contributed by atoms with Gasteiger partial charge in [0.15, 0.2) is 11.5 Å². The molecule has 29 heavy (non-hydrogen) atoms. The lowest BCUT2D eigenvalue weighted by molar-refractivity contribution is -0.146. The third-order valence-electron chi connectivity index (χ3n) is 5.77. The summed E-state index contributed by atoms with van der Waals surface area (Å²) in [6.45, 7) is 0. The van der Waals surface area contributed by atoms with Gasteiger partial charge < -0.3 is 14.2 Å². The van der Waals surface area contributed by atoms with E-state index in [0.717, 1.165) is 22.3 Å². The van der Waals surface area contributed by atoms with Crippen LogP contribution in [0.5, 0.6) is 11.5 Å². The molecule has 3 aromatic rings. The first kappa shape index (κ1) is 19.1. The van der Waals surface area contributed by atoms with Crippen molar-refractivity contribution in [2.24, 2.45) is 5.92 Å². The highest BCUT2D eigenvalue weighted by atomic mass is 16.5. The second-order valence-electron chi connectivity index (χ2n) is 7.16. The molecule has 4 rings (SSSR count). The Balaban J connectivity index is 2.00. The van der Waals surface area contributed by atoms with E-state index in [9.17, 15) is 4.79 Å². The van der Waals surface area contributed by atoms with E-state index < -0.39 is 0 Å². The van der Waals surface area contributed by atoms with Crippen molar-refractivity contribution >= 4 is 5.97 Å². The molecule has 3 atom stereocenters. The number of hydrogen-bond acceptors (Lipinski definition) is 4. The molecule has 1 aliphatic carbocycles. The van der Waals surface area contributed by atoms with Gasteiger partial charge in [-0.05, 0) is 34.4 Å². The highest BCUT2D eigenvalue weighted by Crippen LogP contribution is 2.55. The van der Waals surface area contributed by atoms with Crippen LogP contribution in [-0.4, -0.2) is 27.3 Å². The Hall–Kier alpha value is -3.27. The second-order valence-corrected chi connectivity index (χ2v) is 7.16. The van der Waals surface area contributed by atoms with Crippen molar-refractivity contribution < 1.29 is 19.0 Å². The van der Waals surface area contributed by atoms with Crippen molar-refractivity contribution in [1.29, 1.82) is 0 Å². The summed E-state index contributed by atoms with van der Waals surface area (Å²) in [5.41, 5.74) is 4.29. The Kier molecular flexibility index (Phi) is 5.26. The molecule has 0 heterocycles. The molecule has 0 saturated carbocycles. The van der Waals surface area contributed by atoms with Crippen molar-refractivity contribution in [3.05, 3.63) is 95.1 Å². The molecule has 0 aromatic heterocycles. The summed E-state index contributed by atoms with van der Waals surface area (Å²) in [6.07, 6.45) is 0. The fourth-order valence-corrected chi connectivity index (χ4v) is 4.53. The monoisotopic (exact) mass is 388 g/mol. The van der Waals surface area contributed by atoms with Gasteiger partial charge in [0, 0.05) is 11.8 Å². The number of rotatable bonds is 5. The Morgan fingerprint density at radius 3 is 1.45 bits per heavy atom. The molecular weight excluding hydrogens is 364 g/mol. The van der Waals surface area contributed by atoms with Gasteiger partial charge in [0.2, 0.25) is 0 Å². The molecule has 0 radical (unpaired) electrons. The van der Waals surface area contributed by atoms with Crippen LogP contribution in [0.15, 0.2) is 72.8 Å². The lowest BCUT2D eigenvalue weighted by Gasteiger charge is -2.24. The van der Waals surface area contributed by atoms with Gasteiger partial charge in [-0.2, -0.15) is 0 Å². The van der Waals surface area contributed by atoms with E-state index >= 15 is 0 Å². The van der Waals surface area contributed by atoms with Crippen LogP contribution in [-0.2, 0) is 9.53 Å². The maximum atomic E-state index is 13.1. The van der Waals surface area contributed by atoms with Crippen molar-refractivity contribution in [2.75, 3.05) is 21.3 Å². The Morgan fingerprint density at radius 2 is 1.10 bits per heavy atom. The first-order valence-electron chi connectivity index (χ1n) is 9.63. The molecule has 0 bridgehead atoms. The first-order chi connectivity index (χ1) is 14.2. The summed E-state index contributed by atoms with van der Waals surface area (Å²) in [4.78, 5) is 13.1. The van der Waals surface area contributed by atoms with Gasteiger partial charge >= 0.3 is 5.97 Å². The van der Waals surface area contributed by atoms with Crippen LogP contribution in [0.2, 0.25) is 0 Å². The molecular formula is C25H24O4. The van der Waals surface area contributed by atoms with Crippen LogP contribution in [0.3, 0.4) is 0 Å². The lowest BCUT2D eigenvalue weighted by atomic mass is 9.79. The van der Waals surface area contributed by atoms with Gasteiger partial charge in [-0.1, -0.05) is 60.7 Å². The SMILES string of the molecule is COC(=O)C1[C@H](c2ccccc2)c2cc(OC)c(OC)cc2[C@@H]1c1ccccc1. The van der Waals surface area contributed by atoms with E-state index in [1.54, 1.807) is 14.2 Å². The fourth-order valence-electron chi connectivity index (χ4n) is 4.53. The number of esters is 1. The molecule has 0 amide bonds. The minimum absolute atomic E-state index is 0.135. The maximum absolute atomic E-state index is 13.1. The Bertz CT molecular complexity index is 924. The predicted molar refractivity (Wildman–Crippen MR) is 112 cm³/mol. The number of ether oxygens (including phenoxy) is 3. The summed E-state index contributed by atoms with van der Waals surface area (Å²) >= 11 is 0. The van der Waals surface area contributed by atoms with E-state index in [1.165, 1.54) is 7.11 Å². The Labute approximate surface area is 171 Å². The van der Waals surface area contributed by atoms with Gasteiger partial charge in [0.05, 0.1) is 27.2 Å². The number of fused-ring (bicyclic) bond motifs is 1. The topological polar surface area (TPSA) is 44.8 Å². The van der Waals surface area contributed by atoms with E-state index in [4.69, 9.17) is 14.2 Å². The molecule has 0 N–H and O–H groups in total. The van der Waals surface area contributed by atoms with E-state index in [-0.39, 0.29) is 23.7 Å². The van der Waals surface area contributed by atoms with Crippen molar-refractivity contribution in [3.63, 3.8) is 0 Å². The minimum Gasteiger partial charge on any atom is -0.493 e. The third-order valence-corrected chi connectivity index (χ3v) is 5.77. The third kappa shape index (κ3) is 3.25. The fraction of sp³-hybridized carbons (Fsp3) is 0.240. The lowest BCUT2D eigenvalue weighted by Crippen LogP contribution is -2.25. The molecule has 0 saturated heterocycles. The number of hydrogen-bond donors (Lipinski definition) is 0. The first-order valence-corrected chi connectivity index (χ1v) is 9.63. The quantitative estimate of drug-likeness (QED) is 0.591. The van der Waals surface area contributed by atoms with E-state index in [1.807, 2.05) is 48.5 Å². The van der Waals surface area contributed by atoms with E-state index in [2.05, 4.69) is 24.3 Å². The van der Waals surface area contributed by atoms with Gasteiger partial charge in [-0.3, -0.25) is 4.79 Å². The van der Waals surface area contributed by atoms with Crippen LogP contribution >= 0.6 is 0 Å². The highest BCUT2D eigenvalue weighted by molar-refractivity contribution is 5.80. The molecule has 0 fully saturated rings. The maximum Gasteiger partial charge on any atom is 0.310 e. The van der Waals surface area contributed by atoms with Crippen molar-refractivity contribution in [2.45, 2.75) is 11.8 Å². The molecule has 4 nitrogen and oxygen atoms in total. The molecule has 0 aliphatic heterocycles. The zero-order chi connectivity index (χ0) is 20.4. The standard InChI is InChI=1S/C25H24O4/c1-27-20-14-18-19(15-21(20)28-2)23(17-12-8-5-9-13-17)24(25(26)29-3)22(18)16-10-6-4-7-11-16/h4-15,22-24H,1-3H3/t22-,23+,24?. The molecule has 1 unspecified atom stereocenters. The van der Waals surface area contributed by atoms with Crippen molar-refractivity contribution in [1.82, 2.24) is 0 Å². The molecule has 3 aromatic carbocycles. The average Bonchev–Trinajstić information content (AvgIpc) is 3.12. The van der Waals surface area contributed by atoms with Crippen LogP contribution in [0.25, 0.3) is 0 Å². The summed E-state index contributed by atoms with van der Waals surface area (Å²) in [6, 6.07) is 24.2. The van der Waals surface area contributed by atoms with Crippen molar-refractivity contribution in [3.8, 4) is 11.5 Å². The zero-order valence-corrected chi connectivity index (χ0v) is 16.8. The molecule has 0 spiro atoms. The minimum atomic E-state index is -0.378. The molecule has 148 valence electrons. The average molecular weight is 388 g/mol. The largest absolute Gasteiger partial charge is 0.493 e. The second kappa shape index (κ2) is 8.00. The van der Waals surface area contributed by atoms with E-state index in [0.29, 0.717) is 11.5 Å². The summed E-state index contributed by atoms with van der Waals surface area (Å²) < 4.78 is 16.4. The Morgan fingerprint density at radius 1 is 0.690 bits per heavy atom. The van der Waals surface area contributed by atoms with Gasteiger partial charge in [0.1, 0.15) is 0 Å². The number of carbonyl (C=O) groups is 1. The normalized spacial score (nSPS) is 20.0. The number of methoxy groups -OCH3 is 3. The summed E-state index contributed by atoms with van der Waals surface area (Å²) in [5.74, 6) is 0.444.